The Bertz CT molecular complexity index is 373. The quantitative estimate of drug-likeness (QED) is 0.889. The lowest BCUT2D eigenvalue weighted by molar-refractivity contribution is 0.0503. The van der Waals surface area contributed by atoms with Crippen molar-refractivity contribution in [1.82, 2.24) is 10.2 Å². The molecule has 0 saturated carbocycles. The predicted molar refractivity (Wildman–Crippen MR) is 70.3 cm³/mol. The van der Waals surface area contributed by atoms with Gasteiger partial charge in [0.25, 0.3) is 0 Å². The van der Waals surface area contributed by atoms with E-state index in [4.69, 9.17) is 4.74 Å². The molecule has 2 rings (SSSR count). The third kappa shape index (κ3) is 3.47. The van der Waals surface area contributed by atoms with Crippen molar-refractivity contribution < 1.29 is 9.53 Å². The Balaban J connectivity index is 1.75. The Hall–Kier alpha value is -1.55. The molecule has 4 nitrogen and oxygen atoms in total. The molecular weight excluding hydrogens is 228 g/mol. The number of carbonyl (C=O) groups excluding carboxylic acids is 1. The summed E-state index contributed by atoms with van der Waals surface area (Å²) in [5.74, 6) is 0. The van der Waals surface area contributed by atoms with Crippen molar-refractivity contribution in [3.05, 3.63) is 35.9 Å². The zero-order valence-electron chi connectivity index (χ0n) is 10.8. The first-order valence-corrected chi connectivity index (χ1v) is 6.39. The predicted octanol–water partition coefficient (Wildman–Crippen LogP) is 2.01. The molecule has 0 aliphatic carbocycles. The molecule has 1 saturated heterocycles. The van der Waals surface area contributed by atoms with Crippen LogP contribution in [0.3, 0.4) is 0 Å². The van der Waals surface area contributed by atoms with Crippen molar-refractivity contribution in [2.75, 3.05) is 20.2 Å². The summed E-state index contributed by atoms with van der Waals surface area (Å²) in [6.45, 7) is 2.14. The van der Waals surface area contributed by atoms with Crippen molar-refractivity contribution in [2.45, 2.75) is 25.5 Å². The maximum atomic E-state index is 11.9. The van der Waals surface area contributed by atoms with Gasteiger partial charge in [-0.05, 0) is 18.4 Å². The molecule has 4 heteroatoms. The number of ether oxygens (including phenoxy) is 1. The summed E-state index contributed by atoms with van der Waals surface area (Å²) >= 11 is 0. The van der Waals surface area contributed by atoms with Crippen LogP contribution in [0.25, 0.3) is 0 Å². The van der Waals surface area contributed by atoms with Gasteiger partial charge in [0.05, 0.1) is 6.10 Å². The van der Waals surface area contributed by atoms with Gasteiger partial charge in [0.1, 0.15) is 0 Å². The first kappa shape index (κ1) is 12.9. The summed E-state index contributed by atoms with van der Waals surface area (Å²) < 4.78 is 5.29. The highest BCUT2D eigenvalue weighted by Crippen LogP contribution is 2.12. The fourth-order valence-electron chi connectivity index (χ4n) is 2.18. The largest absolute Gasteiger partial charge is 0.381 e. The van der Waals surface area contributed by atoms with Gasteiger partial charge in [-0.15, -0.1) is 0 Å². The van der Waals surface area contributed by atoms with Gasteiger partial charge in [-0.25, -0.2) is 4.79 Å². The van der Waals surface area contributed by atoms with Crippen molar-refractivity contribution in [3.8, 4) is 0 Å². The molecule has 1 heterocycles. The highest BCUT2D eigenvalue weighted by atomic mass is 16.5. The molecular formula is C14H20N2O2. The fourth-order valence-corrected chi connectivity index (χ4v) is 2.18. The van der Waals surface area contributed by atoms with Crippen LogP contribution in [0.2, 0.25) is 0 Å². The van der Waals surface area contributed by atoms with Crippen LogP contribution in [-0.2, 0) is 11.3 Å². The van der Waals surface area contributed by atoms with Gasteiger partial charge in [-0.3, -0.25) is 0 Å². The van der Waals surface area contributed by atoms with Crippen molar-refractivity contribution in [1.29, 1.82) is 0 Å². The maximum Gasteiger partial charge on any atom is 0.317 e. The lowest BCUT2D eigenvalue weighted by Crippen LogP contribution is -2.45. The number of methoxy groups -OCH3 is 1. The minimum Gasteiger partial charge on any atom is -0.381 e. The molecule has 0 aromatic heterocycles. The number of carbonyl (C=O) groups is 1. The summed E-state index contributed by atoms with van der Waals surface area (Å²) in [5.41, 5.74) is 1.12. The number of nitrogens with one attached hydrogen (secondary N) is 1. The number of hydrogen-bond acceptors (Lipinski definition) is 2. The van der Waals surface area contributed by atoms with E-state index >= 15 is 0 Å². The number of likely N-dealkylation sites (tertiary alicyclic amines) is 1. The molecule has 0 radical (unpaired) electrons. The highest BCUT2D eigenvalue weighted by Gasteiger charge is 2.21. The molecule has 0 unspecified atom stereocenters. The van der Waals surface area contributed by atoms with E-state index in [1.54, 1.807) is 7.11 Å². The average Bonchev–Trinajstić information content (AvgIpc) is 2.46. The number of benzene rings is 1. The van der Waals surface area contributed by atoms with E-state index in [9.17, 15) is 4.79 Å². The molecule has 18 heavy (non-hydrogen) atoms. The van der Waals surface area contributed by atoms with Gasteiger partial charge in [-0.2, -0.15) is 0 Å². The Morgan fingerprint density at radius 2 is 2.00 bits per heavy atom. The minimum atomic E-state index is 0.0217. The molecule has 1 N–H and O–H groups in total. The molecule has 0 bridgehead atoms. The van der Waals surface area contributed by atoms with Crippen LogP contribution in [0.4, 0.5) is 4.79 Å². The number of piperidine rings is 1. The van der Waals surface area contributed by atoms with Crippen LogP contribution in [0, 0.1) is 0 Å². The maximum absolute atomic E-state index is 11.9. The third-order valence-electron chi connectivity index (χ3n) is 3.35. The number of urea groups is 1. The molecule has 1 fully saturated rings. The second-order valence-corrected chi connectivity index (χ2v) is 4.57. The zero-order valence-corrected chi connectivity index (χ0v) is 10.8. The summed E-state index contributed by atoms with van der Waals surface area (Å²) in [4.78, 5) is 13.8. The second-order valence-electron chi connectivity index (χ2n) is 4.57. The monoisotopic (exact) mass is 248 g/mol. The normalized spacial score (nSPS) is 16.6. The summed E-state index contributed by atoms with van der Waals surface area (Å²) in [6, 6.07) is 9.97. The van der Waals surface area contributed by atoms with Gasteiger partial charge >= 0.3 is 6.03 Å². The summed E-state index contributed by atoms with van der Waals surface area (Å²) in [5, 5.41) is 2.95. The molecule has 2 amide bonds. The van der Waals surface area contributed by atoms with Crippen LogP contribution in [0.1, 0.15) is 18.4 Å². The second kappa shape index (κ2) is 6.40. The Kier molecular flexibility index (Phi) is 4.59. The van der Waals surface area contributed by atoms with E-state index in [-0.39, 0.29) is 6.03 Å². The van der Waals surface area contributed by atoms with Crippen LogP contribution in [0.5, 0.6) is 0 Å². The van der Waals surface area contributed by atoms with Crippen LogP contribution in [-0.4, -0.2) is 37.2 Å². The van der Waals surface area contributed by atoms with Gasteiger partial charge < -0.3 is 15.0 Å². The van der Waals surface area contributed by atoms with Crippen LogP contribution >= 0.6 is 0 Å². The van der Waals surface area contributed by atoms with Crippen molar-refractivity contribution in [3.63, 3.8) is 0 Å². The molecule has 98 valence electrons. The van der Waals surface area contributed by atoms with Gasteiger partial charge in [0.2, 0.25) is 0 Å². The number of rotatable bonds is 3. The number of amides is 2. The van der Waals surface area contributed by atoms with Crippen molar-refractivity contribution >= 4 is 6.03 Å². The number of hydrogen-bond donors (Lipinski definition) is 1. The molecule has 0 atom stereocenters. The van der Waals surface area contributed by atoms with E-state index in [1.807, 2.05) is 35.2 Å². The summed E-state index contributed by atoms with van der Waals surface area (Å²) in [7, 11) is 1.73. The Morgan fingerprint density at radius 3 is 2.61 bits per heavy atom. The first-order valence-electron chi connectivity index (χ1n) is 6.39. The average molecular weight is 248 g/mol. The lowest BCUT2D eigenvalue weighted by atomic mass is 10.1. The van der Waals surface area contributed by atoms with Crippen LogP contribution < -0.4 is 5.32 Å². The molecule has 1 aromatic carbocycles. The number of nitrogens with zero attached hydrogens (tertiary/aromatic N) is 1. The zero-order chi connectivity index (χ0) is 12.8. The van der Waals surface area contributed by atoms with Gasteiger partial charge in [0.15, 0.2) is 0 Å². The van der Waals surface area contributed by atoms with E-state index in [0.717, 1.165) is 31.5 Å². The first-order chi connectivity index (χ1) is 8.79. The minimum absolute atomic E-state index is 0.0217. The topological polar surface area (TPSA) is 41.6 Å². The highest BCUT2D eigenvalue weighted by molar-refractivity contribution is 5.74. The fraction of sp³-hybridized carbons (Fsp3) is 0.500. The van der Waals surface area contributed by atoms with E-state index in [2.05, 4.69) is 5.32 Å². The molecule has 1 aliphatic heterocycles. The Labute approximate surface area is 108 Å². The SMILES string of the molecule is COC1CCN(C(=O)NCc2ccccc2)CC1. The third-order valence-corrected chi connectivity index (χ3v) is 3.35. The smallest absolute Gasteiger partial charge is 0.317 e. The standard InChI is InChI=1S/C14H20N2O2/c1-18-13-7-9-16(10-8-13)14(17)15-11-12-5-3-2-4-6-12/h2-6,13H,7-11H2,1H3,(H,15,17). The molecule has 0 spiro atoms. The van der Waals surface area contributed by atoms with E-state index in [1.165, 1.54) is 0 Å². The van der Waals surface area contributed by atoms with Crippen molar-refractivity contribution in [2.24, 2.45) is 0 Å². The van der Waals surface area contributed by atoms with Crippen LogP contribution in [0.15, 0.2) is 30.3 Å². The van der Waals surface area contributed by atoms with Gasteiger partial charge in [-0.1, -0.05) is 30.3 Å². The van der Waals surface area contributed by atoms with Gasteiger partial charge in [0, 0.05) is 26.7 Å². The van der Waals surface area contributed by atoms with E-state index in [0.29, 0.717) is 12.6 Å². The molecule has 1 aliphatic rings. The molecule has 1 aromatic rings. The van der Waals surface area contributed by atoms with E-state index < -0.39 is 0 Å². The lowest BCUT2D eigenvalue weighted by Gasteiger charge is -2.31. The summed E-state index contributed by atoms with van der Waals surface area (Å²) in [6.07, 6.45) is 2.16. The Morgan fingerprint density at radius 1 is 1.33 bits per heavy atom.